The van der Waals surface area contributed by atoms with Crippen molar-refractivity contribution >= 4 is 27.4 Å². The summed E-state index contributed by atoms with van der Waals surface area (Å²) in [6, 6.07) is 0. The van der Waals surface area contributed by atoms with Crippen molar-refractivity contribution in [2.75, 3.05) is 0 Å². The van der Waals surface area contributed by atoms with Crippen LogP contribution in [-0.4, -0.2) is 34.5 Å². The second-order valence-electron chi connectivity index (χ2n) is 4.38. The molecule has 1 heterocycles. The number of aromatic nitrogens is 2. The molecule has 1 N–H and O–H groups in total. The van der Waals surface area contributed by atoms with Crippen molar-refractivity contribution in [1.29, 1.82) is 0 Å². The molecule has 0 amide bonds. The van der Waals surface area contributed by atoms with Gasteiger partial charge in [-0.1, -0.05) is 11.6 Å². The highest BCUT2D eigenvalue weighted by atomic mass is 35.5. The molecule has 6 nitrogen and oxygen atoms in total. The van der Waals surface area contributed by atoms with E-state index < -0.39 is 27.5 Å². The van der Waals surface area contributed by atoms with E-state index in [-0.39, 0.29) is 5.75 Å². The Hall–Kier alpha value is -1.08. The van der Waals surface area contributed by atoms with Crippen LogP contribution in [0.2, 0.25) is 5.02 Å². The van der Waals surface area contributed by atoms with Crippen LogP contribution < -0.4 is 0 Å². The Balaban J connectivity index is 3.05. The molecule has 0 bridgehead atoms. The lowest BCUT2D eigenvalue weighted by Gasteiger charge is -2.11. The van der Waals surface area contributed by atoms with Gasteiger partial charge in [0.2, 0.25) is 0 Å². The predicted octanol–water partition coefficient (Wildman–Crippen LogP) is 1.64. The predicted molar refractivity (Wildman–Crippen MR) is 72.0 cm³/mol. The van der Waals surface area contributed by atoms with Crippen LogP contribution in [0.15, 0.2) is 0 Å². The molecule has 0 aliphatic carbocycles. The standard InChI is InChI=1S/C11H17ClN2O4S/c1-4-14-9(11(12)8(3)13-14)6-19(17,18)7(2)5-10(15)16/h7H,4-6H2,1-3H3,(H,15,16). The molecule has 0 spiro atoms. The molecule has 1 rings (SSSR count). The van der Waals surface area contributed by atoms with Crippen LogP contribution in [0.3, 0.4) is 0 Å². The van der Waals surface area contributed by atoms with Gasteiger partial charge in [-0.25, -0.2) is 8.42 Å². The van der Waals surface area contributed by atoms with Crippen LogP contribution in [0.5, 0.6) is 0 Å². The van der Waals surface area contributed by atoms with E-state index in [9.17, 15) is 13.2 Å². The SMILES string of the molecule is CCn1nc(C)c(Cl)c1CS(=O)(=O)C(C)CC(=O)O. The summed E-state index contributed by atoms with van der Waals surface area (Å²) in [7, 11) is -3.58. The first-order chi connectivity index (χ1) is 8.69. The minimum atomic E-state index is -3.58. The molecular weight excluding hydrogens is 292 g/mol. The number of rotatable bonds is 6. The average Bonchev–Trinajstić information content (AvgIpc) is 2.55. The summed E-state index contributed by atoms with van der Waals surface area (Å²) in [6.45, 7) is 5.42. The highest BCUT2D eigenvalue weighted by Crippen LogP contribution is 2.24. The van der Waals surface area contributed by atoms with Crippen molar-refractivity contribution in [3.63, 3.8) is 0 Å². The Labute approximate surface area is 117 Å². The number of carbonyl (C=O) groups is 1. The molecule has 0 aliphatic heterocycles. The summed E-state index contributed by atoms with van der Waals surface area (Å²) in [5.74, 6) is -1.43. The van der Waals surface area contributed by atoms with Gasteiger partial charge in [-0.2, -0.15) is 5.10 Å². The molecule has 0 saturated heterocycles. The molecule has 108 valence electrons. The minimum absolute atomic E-state index is 0.297. The van der Waals surface area contributed by atoms with Crippen molar-refractivity contribution in [1.82, 2.24) is 9.78 Å². The normalized spacial score (nSPS) is 13.5. The third-order valence-corrected chi connectivity index (χ3v) is 5.43. The third-order valence-electron chi connectivity index (χ3n) is 2.87. The van der Waals surface area contributed by atoms with Gasteiger partial charge >= 0.3 is 5.97 Å². The zero-order valence-electron chi connectivity index (χ0n) is 11.1. The molecule has 0 saturated carbocycles. The summed E-state index contributed by atoms with van der Waals surface area (Å²) < 4.78 is 25.7. The minimum Gasteiger partial charge on any atom is -0.481 e. The lowest BCUT2D eigenvalue weighted by molar-refractivity contribution is -0.136. The number of nitrogens with zero attached hydrogens (tertiary/aromatic N) is 2. The zero-order chi connectivity index (χ0) is 14.8. The Bertz CT molecular complexity index is 580. The van der Waals surface area contributed by atoms with Crippen molar-refractivity contribution in [2.24, 2.45) is 0 Å². The number of aliphatic carboxylic acids is 1. The Morgan fingerprint density at radius 3 is 2.58 bits per heavy atom. The lowest BCUT2D eigenvalue weighted by Crippen LogP contribution is -2.24. The fraction of sp³-hybridized carbons (Fsp3) is 0.636. The highest BCUT2D eigenvalue weighted by Gasteiger charge is 2.27. The van der Waals surface area contributed by atoms with Crippen molar-refractivity contribution in [3.8, 4) is 0 Å². The summed E-state index contributed by atoms with van der Waals surface area (Å²) in [6.07, 6.45) is -0.417. The van der Waals surface area contributed by atoms with Crippen LogP contribution in [-0.2, 0) is 26.9 Å². The number of hydrogen-bond acceptors (Lipinski definition) is 4. The highest BCUT2D eigenvalue weighted by molar-refractivity contribution is 7.91. The zero-order valence-corrected chi connectivity index (χ0v) is 12.6. The van der Waals surface area contributed by atoms with Crippen molar-refractivity contribution < 1.29 is 18.3 Å². The molecule has 1 aromatic heterocycles. The summed E-state index contributed by atoms with van der Waals surface area (Å²) in [5.41, 5.74) is 0.985. The first-order valence-electron chi connectivity index (χ1n) is 5.84. The van der Waals surface area contributed by atoms with Gasteiger partial charge in [0.05, 0.1) is 33.8 Å². The van der Waals surface area contributed by atoms with Crippen molar-refractivity contribution in [2.45, 2.75) is 44.7 Å². The molecule has 1 atom stereocenters. The molecule has 0 radical (unpaired) electrons. The summed E-state index contributed by atoms with van der Waals surface area (Å²) in [4.78, 5) is 10.6. The smallest absolute Gasteiger partial charge is 0.304 e. The van der Waals surface area contributed by atoms with Crippen LogP contribution in [0.25, 0.3) is 0 Å². The van der Waals surface area contributed by atoms with Gasteiger partial charge in [0, 0.05) is 6.54 Å². The van der Waals surface area contributed by atoms with E-state index in [1.54, 1.807) is 6.92 Å². The molecule has 19 heavy (non-hydrogen) atoms. The Morgan fingerprint density at radius 1 is 1.53 bits per heavy atom. The number of sulfone groups is 1. The average molecular weight is 309 g/mol. The van der Waals surface area contributed by atoms with E-state index in [1.165, 1.54) is 11.6 Å². The molecule has 0 fully saturated rings. The van der Waals surface area contributed by atoms with Gasteiger partial charge in [-0.3, -0.25) is 9.48 Å². The van der Waals surface area contributed by atoms with Gasteiger partial charge in [0.1, 0.15) is 0 Å². The van der Waals surface area contributed by atoms with Crippen LogP contribution >= 0.6 is 11.6 Å². The number of carboxylic acids is 1. The number of carboxylic acid groups (broad SMARTS) is 1. The fourth-order valence-corrected chi connectivity index (χ4v) is 3.35. The number of hydrogen-bond donors (Lipinski definition) is 1. The van der Waals surface area contributed by atoms with Gasteiger partial charge in [0.15, 0.2) is 9.84 Å². The first-order valence-corrected chi connectivity index (χ1v) is 7.93. The maximum Gasteiger partial charge on any atom is 0.304 e. The van der Waals surface area contributed by atoms with E-state index in [4.69, 9.17) is 16.7 Å². The molecule has 8 heteroatoms. The van der Waals surface area contributed by atoms with E-state index in [0.717, 1.165) is 0 Å². The summed E-state index contributed by atoms with van der Waals surface area (Å²) in [5, 5.41) is 12.2. The van der Waals surface area contributed by atoms with Crippen molar-refractivity contribution in [3.05, 3.63) is 16.4 Å². The van der Waals surface area contributed by atoms with Crippen LogP contribution in [0, 0.1) is 6.92 Å². The lowest BCUT2D eigenvalue weighted by atomic mass is 10.3. The van der Waals surface area contributed by atoms with Gasteiger partial charge < -0.3 is 5.11 Å². The first kappa shape index (κ1) is 16.0. The van der Waals surface area contributed by atoms with Gasteiger partial charge in [0.25, 0.3) is 0 Å². The molecule has 0 aromatic carbocycles. The molecule has 1 unspecified atom stereocenters. The number of aryl methyl sites for hydroxylation is 2. The van der Waals surface area contributed by atoms with E-state index in [1.807, 2.05) is 6.92 Å². The van der Waals surface area contributed by atoms with Crippen LogP contribution in [0.4, 0.5) is 0 Å². The van der Waals surface area contributed by atoms with E-state index >= 15 is 0 Å². The monoisotopic (exact) mass is 308 g/mol. The maximum absolute atomic E-state index is 12.1. The second-order valence-corrected chi connectivity index (χ2v) is 7.17. The topological polar surface area (TPSA) is 89.3 Å². The van der Waals surface area contributed by atoms with Gasteiger partial charge in [-0.15, -0.1) is 0 Å². The van der Waals surface area contributed by atoms with E-state index in [0.29, 0.717) is 23.0 Å². The molecule has 0 aliphatic rings. The Kier molecular flexibility index (Phi) is 4.98. The maximum atomic E-state index is 12.1. The van der Waals surface area contributed by atoms with E-state index in [2.05, 4.69) is 5.10 Å². The molecule has 1 aromatic rings. The number of halogens is 1. The second kappa shape index (κ2) is 5.92. The van der Waals surface area contributed by atoms with Crippen LogP contribution in [0.1, 0.15) is 31.7 Å². The Morgan fingerprint density at radius 2 is 2.11 bits per heavy atom. The quantitative estimate of drug-likeness (QED) is 0.863. The fourth-order valence-electron chi connectivity index (χ4n) is 1.71. The third kappa shape index (κ3) is 3.70. The largest absolute Gasteiger partial charge is 0.481 e. The van der Waals surface area contributed by atoms with Gasteiger partial charge in [-0.05, 0) is 20.8 Å². The summed E-state index contributed by atoms with van der Waals surface area (Å²) >= 11 is 6.05. The molecular formula is C11H17ClN2O4S.